The maximum absolute atomic E-state index is 11.6. The van der Waals surface area contributed by atoms with E-state index < -0.39 is 5.91 Å². The van der Waals surface area contributed by atoms with Gasteiger partial charge in [0.05, 0.1) is 12.8 Å². The van der Waals surface area contributed by atoms with Gasteiger partial charge in [0, 0.05) is 18.6 Å². The average Bonchev–Trinajstić information content (AvgIpc) is 2.45. The minimum Gasteiger partial charge on any atom is -0.495 e. The van der Waals surface area contributed by atoms with Gasteiger partial charge in [-0.2, -0.15) is 5.26 Å². The largest absolute Gasteiger partial charge is 0.495 e. The Kier molecular flexibility index (Phi) is 6.41. The van der Waals surface area contributed by atoms with Crippen LogP contribution >= 0.6 is 11.6 Å². The smallest absolute Gasteiger partial charge is 0.263 e. The number of nitrogens with one attached hydrogen (secondary N) is 2. The first kappa shape index (κ1) is 15.9. The summed E-state index contributed by atoms with van der Waals surface area (Å²) in [5, 5.41) is 14.4. The van der Waals surface area contributed by atoms with Gasteiger partial charge in [-0.15, -0.1) is 11.6 Å². The molecule has 0 aliphatic carbocycles. The van der Waals surface area contributed by atoms with Gasteiger partial charge >= 0.3 is 0 Å². The zero-order valence-electron chi connectivity index (χ0n) is 11.4. The van der Waals surface area contributed by atoms with E-state index in [1.807, 2.05) is 31.2 Å². The van der Waals surface area contributed by atoms with E-state index in [1.54, 1.807) is 7.11 Å². The highest BCUT2D eigenvalue weighted by Crippen LogP contribution is 2.25. The van der Waals surface area contributed by atoms with Crippen LogP contribution in [0, 0.1) is 18.3 Å². The first-order valence-electron chi connectivity index (χ1n) is 5.98. The highest BCUT2D eigenvalue weighted by Gasteiger charge is 2.08. The zero-order valence-corrected chi connectivity index (χ0v) is 12.1. The lowest BCUT2D eigenvalue weighted by atomic mass is 10.2. The van der Waals surface area contributed by atoms with Crippen LogP contribution in [-0.4, -0.2) is 25.4 Å². The number of methoxy groups -OCH3 is 1. The Hall–Kier alpha value is -2.19. The minimum absolute atomic E-state index is 0.0290. The molecule has 0 aliphatic rings. The summed E-state index contributed by atoms with van der Waals surface area (Å²) < 4.78 is 5.20. The monoisotopic (exact) mass is 293 g/mol. The number of carbonyl (C=O) groups excluding carboxylic acids is 1. The van der Waals surface area contributed by atoms with Gasteiger partial charge in [0.15, 0.2) is 0 Å². The summed E-state index contributed by atoms with van der Waals surface area (Å²) in [6, 6.07) is 7.42. The molecule has 6 heteroatoms. The van der Waals surface area contributed by atoms with Crippen LogP contribution in [0.2, 0.25) is 0 Å². The number of anilines is 1. The molecule has 106 valence electrons. The van der Waals surface area contributed by atoms with Crippen LogP contribution < -0.4 is 15.4 Å². The molecule has 0 bridgehead atoms. The number of hydrogen-bond acceptors (Lipinski definition) is 4. The second kappa shape index (κ2) is 8.08. The quantitative estimate of drug-likeness (QED) is 0.479. The van der Waals surface area contributed by atoms with Crippen molar-refractivity contribution < 1.29 is 9.53 Å². The standard InChI is InChI=1S/C14H16ClN3O2/c1-10-3-4-13(20-2)12(7-10)18-9-11(8-16)14(19)17-6-5-15/h3-4,7,9,18H,5-6H2,1-2H3,(H,17,19)/b11-9-. The van der Waals surface area contributed by atoms with E-state index in [4.69, 9.17) is 21.6 Å². The van der Waals surface area contributed by atoms with Gasteiger partial charge in [0.2, 0.25) is 0 Å². The Morgan fingerprint density at radius 3 is 2.90 bits per heavy atom. The van der Waals surface area contributed by atoms with E-state index >= 15 is 0 Å². The van der Waals surface area contributed by atoms with E-state index in [2.05, 4.69) is 10.6 Å². The van der Waals surface area contributed by atoms with Crippen LogP contribution in [-0.2, 0) is 4.79 Å². The number of amides is 1. The summed E-state index contributed by atoms with van der Waals surface area (Å²) >= 11 is 5.47. The van der Waals surface area contributed by atoms with Crippen LogP contribution in [0.5, 0.6) is 5.75 Å². The summed E-state index contributed by atoms with van der Waals surface area (Å²) in [6.07, 6.45) is 1.35. The zero-order chi connectivity index (χ0) is 15.0. The summed E-state index contributed by atoms with van der Waals surface area (Å²) in [7, 11) is 1.55. The van der Waals surface area contributed by atoms with Gasteiger partial charge in [-0.1, -0.05) is 6.07 Å². The number of benzene rings is 1. The van der Waals surface area contributed by atoms with Gasteiger partial charge in [-0.3, -0.25) is 4.79 Å². The molecule has 0 heterocycles. The number of aryl methyl sites for hydroxylation is 1. The predicted octanol–water partition coefficient (Wildman–Crippen LogP) is 2.18. The number of nitrogens with zero attached hydrogens (tertiary/aromatic N) is 1. The number of halogens is 1. The van der Waals surface area contributed by atoms with Crippen molar-refractivity contribution in [2.75, 3.05) is 24.9 Å². The number of hydrogen-bond donors (Lipinski definition) is 2. The number of carbonyl (C=O) groups is 1. The highest BCUT2D eigenvalue weighted by molar-refractivity contribution is 6.18. The average molecular weight is 294 g/mol. The number of nitriles is 1. The third-order valence-corrected chi connectivity index (χ3v) is 2.66. The fourth-order valence-electron chi connectivity index (χ4n) is 1.49. The molecule has 0 aliphatic heterocycles. The fourth-order valence-corrected chi connectivity index (χ4v) is 1.58. The van der Waals surface area contributed by atoms with Crippen molar-refractivity contribution in [3.05, 3.63) is 35.5 Å². The number of ether oxygens (including phenoxy) is 1. The van der Waals surface area contributed by atoms with Gasteiger partial charge in [-0.05, 0) is 24.6 Å². The molecular formula is C14H16ClN3O2. The Morgan fingerprint density at radius 2 is 2.30 bits per heavy atom. The number of alkyl halides is 1. The van der Waals surface area contributed by atoms with Gasteiger partial charge < -0.3 is 15.4 Å². The molecule has 2 N–H and O–H groups in total. The Morgan fingerprint density at radius 1 is 1.55 bits per heavy atom. The molecule has 1 aromatic carbocycles. The fraction of sp³-hybridized carbons (Fsp3) is 0.286. The van der Waals surface area contributed by atoms with Crippen LogP contribution in [0.3, 0.4) is 0 Å². The molecule has 1 rings (SSSR count). The van der Waals surface area contributed by atoms with Crippen LogP contribution in [0.15, 0.2) is 30.0 Å². The molecule has 0 unspecified atom stereocenters. The van der Waals surface area contributed by atoms with Crippen LogP contribution in [0.1, 0.15) is 5.56 Å². The SMILES string of the molecule is COc1ccc(C)cc1N/C=C(/C#N)C(=O)NCCCl. The Labute approximate surface area is 123 Å². The maximum atomic E-state index is 11.6. The van der Waals surface area contributed by atoms with Crippen molar-refractivity contribution in [2.45, 2.75) is 6.92 Å². The van der Waals surface area contributed by atoms with Crippen molar-refractivity contribution in [2.24, 2.45) is 0 Å². The van der Waals surface area contributed by atoms with Crippen molar-refractivity contribution in [3.8, 4) is 11.8 Å². The van der Waals surface area contributed by atoms with Crippen molar-refractivity contribution in [1.82, 2.24) is 5.32 Å². The Bertz CT molecular complexity index is 550. The summed E-state index contributed by atoms with van der Waals surface area (Å²) in [5.74, 6) is 0.460. The number of rotatable bonds is 6. The lowest BCUT2D eigenvalue weighted by molar-refractivity contribution is -0.117. The van der Waals surface area contributed by atoms with Crippen LogP contribution in [0.25, 0.3) is 0 Å². The molecule has 0 spiro atoms. The van der Waals surface area contributed by atoms with Gasteiger partial charge in [-0.25, -0.2) is 0 Å². The second-order valence-corrected chi connectivity index (χ2v) is 4.34. The van der Waals surface area contributed by atoms with Crippen molar-refractivity contribution >= 4 is 23.2 Å². The maximum Gasteiger partial charge on any atom is 0.263 e. The summed E-state index contributed by atoms with van der Waals surface area (Å²) in [5.41, 5.74) is 1.69. The molecule has 5 nitrogen and oxygen atoms in total. The molecule has 0 fully saturated rings. The molecule has 0 saturated carbocycles. The van der Waals surface area contributed by atoms with Gasteiger partial charge in [0.1, 0.15) is 17.4 Å². The van der Waals surface area contributed by atoms with E-state index in [-0.39, 0.29) is 5.57 Å². The molecule has 0 saturated heterocycles. The summed E-state index contributed by atoms with van der Waals surface area (Å²) in [6.45, 7) is 2.25. The molecular weight excluding hydrogens is 278 g/mol. The molecule has 0 radical (unpaired) electrons. The van der Waals surface area contributed by atoms with Crippen molar-refractivity contribution in [3.63, 3.8) is 0 Å². The topological polar surface area (TPSA) is 74.1 Å². The summed E-state index contributed by atoms with van der Waals surface area (Å²) in [4.78, 5) is 11.6. The first-order valence-corrected chi connectivity index (χ1v) is 6.51. The molecule has 1 amide bonds. The van der Waals surface area contributed by atoms with E-state index in [1.165, 1.54) is 6.20 Å². The first-order chi connectivity index (χ1) is 9.62. The Balaban J connectivity index is 2.86. The molecule has 20 heavy (non-hydrogen) atoms. The second-order valence-electron chi connectivity index (χ2n) is 3.96. The molecule has 0 aromatic heterocycles. The van der Waals surface area contributed by atoms with Crippen LogP contribution in [0.4, 0.5) is 5.69 Å². The predicted molar refractivity (Wildman–Crippen MR) is 78.8 cm³/mol. The molecule has 1 aromatic rings. The van der Waals surface area contributed by atoms with E-state index in [0.29, 0.717) is 23.9 Å². The highest BCUT2D eigenvalue weighted by atomic mass is 35.5. The van der Waals surface area contributed by atoms with E-state index in [9.17, 15) is 4.79 Å². The third-order valence-electron chi connectivity index (χ3n) is 2.47. The third kappa shape index (κ3) is 4.48. The lowest BCUT2D eigenvalue weighted by Crippen LogP contribution is -2.26. The minimum atomic E-state index is -0.465. The normalized spacial score (nSPS) is 10.6. The lowest BCUT2D eigenvalue weighted by Gasteiger charge is -2.09. The molecule has 0 atom stereocenters. The van der Waals surface area contributed by atoms with Gasteiger partial charge in [0.25, 0.3) is 5.91 Å². The van der Waals surface area contributed by atoms with Crippen molar-refractivity contribution in [1.29, 1.82) is 5.26 Å². The van der Waals surface area contributed by atoms with E-state index in [0.717, 1.165) is 5.56 Å².